The van der Waals surface area contributed by atoms with Gasteiger partial charge in [0.2, 0.25) is 8.32 Å². The maximum absolute atomic E-state index is 12.4. The summed E-state index contributed by atoms with van der Waals surface area (Å²) < 4.78 is 13.0. The van der Waals surface area contributed by atoms with Gasteiger partial charge < -0.3 is 9.16 Å². The van der Waals surface area contributed by atoms with E-state index in [0.717, 1.165) is 28.0 Å². The Balaban J connectivity index is 2.43. The van der Waals surface area contributed by atoms with Crippen LogP contribution in [-0.2, 0) is 11.2 Å². The Morgan fingerprint density at radius 2 is 1.88 bits per heavy atom. The van der Waals surface area contributed by atoms with Crippen LogP contribution in [0.15, 0.2) is 28.8 Å². The molecule has 0 amide bonds. The third-order valence-electron chi connectivity index (χ3n) is 5.79. The van der Waals surface area contributed by atoms with E-state index in [0.29, 0.717) is 12.3 Å². The Morgan fingerprint density at radius 1 is 1.23 bits per heavy atom. The maximum Gasteiger partial charge on any atom is 0.250 e. The van der Waals surface area contributed by atoms with Crippen LogP contribution in [0.25, 0.3) is 0 Å². The van der Waals surface area contributed by atoms with Gasteiger partial charge >= 0.3 is 0 Å². The van der Waals surface area contributed by atoms with Crippen molar-refractivity contribution in [3.8, 4) is 11.5 Å². The van der Waals surface area contributed by atoms with E-state index in [1.807, 2.05) is 18.2 Å². The molecule has 0 saturated heterocycles. The number of hydrogen-bond donors (Lipinski definition) is 0. The zero-order valence-corrected chi connectivity index (χ0v) is 19.6. The lowest BCUT2D eigenvalue weighted by Crippen LogP contribution is -2.44. The minimum absolute atomic E-state index is 0.00681. The molecule has 26 heavy (non-hydrogen) atoms. The third-order valence-corrected chi connectivity index (χ3v) is 10.8. The van der Waals surface area contributed by atoms with E-state index in [1.165, 1.54) is 0 Å². The second-order valence-corrected chi connectivity index (χ2v) is 14.4. The molecule has 144 valence electrons. The average molecular weight is 439 g/mol. The van der Waals surface area contributed by atoms with Crippen LogP contribution in [0.2, 0.25) is 18.1 Å². The van der Waals surface area contributed by atoms with E-state index in [9.17, 15) is 4.79 Å². The van der Waals surface area contributed by atoms with Gasteiger partial charge in [0.15, 0.2) is 5.78 Å². The predicted molar refractivity (Wildman–Crippen MR) is 114 cm³/mol. The summed E-state index contributed by atoms with van der Waals surface area (Å²) in [6.45, 7) is 13.3. The van der Waals surface area contributed by atoms with Gasteiger partial charge in [0.25, 0.3) is 0 Å². The van der Waals surface area contributed by atoms with Gasteiger partial charge in [0.05, 0.1) is 11.6 Å². The molecule has 0 saturated carbocycles. The van der Waals surface area contributed by atoms with Crippen molar-refractivity contribution in [3.05, 3.63) is 34.3 Å². The first-order valence-electron chi connectivity index (χ1n) is 9.22. The first kappa shape index (κ1) is 21.2. The van der Waals surface area contributed by atoms with E-state index >= 15 is 0 Å². The Bertz CT molecular complexity index is 704. The van der Waals surface area contributed by atoms with Crippen LogP contribution in [0.3, 0.4) is 0 Å². The lowest BCUT2D eigenvalue weighted by molar-refractivity contribution is -0.120. The highest BCUT2D eigenvalue weighted by Crippen LogP contribution is 2.42. The standard InChI is InChI=1S/C21H31BrO3Si/c1-14-9-8-10-18(23)16(14)11-15-12-20(24-5)17(22)13-19(15)25-26(6,7)21(2,3)4/h8,10,12-14,16H,9,11H2,1-7H3/t14-,16+/m1/s1. The summed E-state index contributed by atoms with van der Waals surface area (Å²) >= 11 is 3.58. The molecule has 0 unspecified atom stereocenters. The van der Waals surface area contributed by atoms with Gasteiger partial charge in [-0.2, -0.15) is 0 Å². The summed E-state index contributed by atoms with van der Waals surface area (Å²) in [6.07, 6.45) is 5.34. The van der Waals surface area contributed by atoms with Crippen molar-refractivity contribution in [3.63, 3.8) is 0 Å². The molecule has 0 aliphatic heterocycles. The van der Waals surface area contributed by atoms with Crippen LogP contribution in [-0.4, -0.2) is 21.2 Å². The van der Waals surface area contributed by atoms with E-state index in [1.54, 1.807) is 13.2 Å². The normalized spacial score (nSPS) is 21.0. The first-order valence-corrected chi connectivity index (χ1v) is 12.9. The molecule has 3 nitrogen and oxygen atoms in total. The molecule has 1 aromatic rings. The Kier molecular flexibility index (Phi) is 6.44. The lowest BCUT2D eigenvalue weighted by atomic mass is 9.79. The van der Waals surface area contributed by atoms with Crippen molar-refractivity contribution in [1.82, 2.24) is 0 Å². The van der Waals surface area contributed by atoms with Crippen LogP contribution >= 0.6 is 15.9 Å². The summed E-state index contributed by atoms with van der Waals surface area (Å²) in [7, 11) is -0.326. The quantitative estimate of drug-likeness (QED) is 0.515. The van der Waals surface area contributed by atoms with E-state index in [4.69, 9.17) is 9.16 Å². The zero-order valence-electron chi connectivity index (χ0n) is 17.0. The molecule has 0 bridgehead atoms. The number of hydrogen-bond acceptors (Lipinski definition) is 3. The molecule has 2 rings (SSSR count). The van der Waals surface area contributed by atoms with Gasteiger partial charge in [0, 0.05) is 5.92 Å². The van der Waals surface area contributed by atoms with E-state index < -0.39 is 8.32 Å². The van der Waals surface area contributed by atoms with Crippen molar-refractivity contribution < 1.29 is 14.0 Å². The SMILES string of the molecule is COc1cc(C[C@@H]2C(=O)C=CC[C@H]2C)c(O[Si](C)(C)C(C)(C)C)cc1Br. The van der Waals surface area contributed by atoms with Crippen LogP contribution in [0.4, 0.5) is 0 Å². The van der Waals surface area contributed by atoms with Crippen LogP contribution in [0, 0.1) is 11.8 Å². The number of carbonyl (C=O) groups excluding carboxylic acids is 1. The Hall–Kier alpha value is -1.07. The van der Waals surface area contributed by atoms with Crippen LogP contribution in [0.5, 0.6) is 11.5 Å². The molecule has 0 fully saturated rings. The smallest absolute Gasteiger partial charge is 0.250 e. The number of rotatable bonds is 5. The van der Waals surface area contributed by atoms with Crippen molar-refractivity contribution in [2.45, 2.75) is 58.7 Å². The molecular weight excluding hydrogens is 408 g/mol. The zero-order chi connectivity index (χ0) is 19.7. The molecule has 0 spiro atoms. The number of methoxy groups -OCH3 is 1. The molecule has 0 N–H and O–H groups in total. The first-order chi connectivity index (χ1) is 12.0. The number of benzene rings is 1. The van der Waals surface area contributed by atoms with Gasteiger partial charge in [-0.15, -0.1) is 0 Å². The predicted octanol–water partition coefficient (Wildman–Crippen LogP) is 6.17. The molecule has 1 aliphatic rings. The number of ketones is 1. The summed E-state index contributed by atoms with van der Waals surface area (Å²) in [5.41, 5.74) is 1.05. The highest BCUT2D eigenvalue weighted by atomic mass is 79.9. The van der Waals surface area contributed by atoms with Crippen molar-refractivity contribution in [2.24, 2.45) is 11.8 Å². The summed E-state index contributed by atoms with van der Waals surface area (Å²) in [6, 6.07) is 4.02. The Morgan fingerprint density at radius 3 is 2.42 bits per heavy atom. The van der Waals surface area contributed by atoms with Gasteiger partial charge in [-0.3, -0.25) is 4.79 Å². The van der Waals surface area contributed by atoms with Gasteiger partial charge in [-0.05, 0) is 76.6 Å². The molecule has 0 radical (unpaired) electrons. The molecule has 0 heterocycles. The van der Waals surface area contributed by atoms with Crippen molar-refractivity contribution in [1.29, 1.82) is 0 Å². The monoisotopic (exact) mass is 438 g/mol. The molecule has 5 heteroatoms. The van der Waals surface area contributed by atoms with E-state index in [-0.39, 0.29) is 16.7 Å². The minimum atomic E-state index is -1.99. The summed E-state index contributed by atoms with van der Waals surface area (Å²) in [5, 5.41) is 0.105. The van der Waals surface area contributed by atoms with Gasteiger partial charge in [0.1, 0.15) is 11.5 Å². The maximum atomic E-state index is 12.4. The van der Waals surface area contributed by atoms with E-state index in [2.05, 4.69) is 56.7 Å². The van der Waals surface area contributed by atoms with Gasteiger partial charge in [-0.25, -0.2) is 0 Å². The number of halogens is 1. The average Bonchev–Trinajstić information content (AvgIpc) is 2.51. The highest BCUT2D eigenvalue weighted by molar-refractivity contribution is 9.10. The largest absolute Gasteiger partial charge is 0.543 e. The molecule has 1 aliphatic carbocycles. The molecule has 1 aromatic carbocycles. The molecular formula is C21H31BrO3Si. The fourth-order valence-electron chi connectivity index (χ4n) is 2.92. The van der Waals surface area contributed by atoms with Crippen molar-refractivity contribution in [2.75, 3.05) is 7.11 Å². The second-order valence-electron chi connectivity index (χ2n) is 8.79. The number of allylic oxidation sites excluding steroid dienone is 2. The number of carbonyl (C=O) groups is 1. The highest BCUT2D eigenvalue weighted by Gasteiger charge is 2.40. The number of ether oxygens (including phenoxy) is 1. The van der Waals surface area contributed by atoms with Crippen LogP contribution < -0.4 is 9.16 Å². The fraction of sp³-hybridized carbons (Fsp3) is 0.571. The molecule has 2 atom stereocenters. The second kappa shape index (κ2) is 7.89. The van der Waals surface area contributed by atoms with Crippen molar-refractivity contribution >= 4 is 30.0 Å². The summed E-state index contributed by atoms with van der Waals surface area (Å²) in [5.74, 6) is 2.19. The van der Waals surface area contributed by atoms with Gasteiger partial charge in [-0.1, -0.05) is 33.8 Å². The summed E-state index contributed by atoms with van der Waals surface area (Å²) in [4.78, 5) is 12.4. The Labute approximate surface area is 167 Å². The minimum Gasteiger partial charge on any atom is -0.543 e. The fourth-order valence-corrected chi connectivity index (χ4v) is 4.45. The third kappa shape index (κ3) is 4.60. The molecule has 0 aromatic heterocycles. The lowest BCUT2D eigenvalue weighted by Gasteiger charge is -2.37. The van der Waals surface area contributed by atoms with Crippen LogP contribution in [0.1, 0.15) is 39.7 Å². The topological polar surface area (TPSA) is 35.5 Å².